The number of hydrogen-bond donors (Lipinski definition) is 2. The van der Waals surface area contributed by atoms with E-state index in [1.54, 1.807) is 26.8 Å². The maximum atomic E-state index is 12.7. The lowest BCUT2D eigenvalue weighted by Gasteiger charge is -2.28. The van der Waals surface area contributed by atoms with E-state index in [9.17, 15) is 14.4 Å². The molecule has 1 unspecified atom stereocenters. The van der Waals surface area contributed by atoms with Crippen LogP contribution in [0.15, 0.2) is 24.3 Å². The number of nitrogens with one attached hydrogen (secondary N) is 2. The van der Waals surface area contributed by atoms with E-state index in [1.165, 1.54) is 11.8 Å². The molecule has 1 aliphatic rings. The zero-order valence-corrected chi connectivity index (χ0v) is 16.7. The van der Waals surface area contributed by atoms with Crippen molar-refractivity contribution in [3.63, 3.8) is 0 Å². The number of carbonyl (C=O) groups excluding carboxylic acids is 3. The lowest BCUT2D eigenvalue weighted by atomic mass is 10.1. The van der Waals surface area contributed by atoms with E-state index in [0.717, 1.165) is 12.0 Å². The SMILES string of the molecule is CC(=O)Nc1cccc(C(C)NC(=O)[C@@H]2CCCN2C(=O)OC(C)(C)C)c1. The minimum absolute atomic E-state index is 0.150. The molecule has 0 aliphatic carbocycles. The average molecular weight is 375 g/mol. The number of likely N-dealkylation sites (tertiary alicyclic amines) is 1. The first-order valence-corrected chi connectivity index (χ1v) is 9.24. The lowest BCUT2D eigenvalue weighted by Crippen LogP contribution is -2.48. The Morgan fingerprint density at radius 2 is 1.96 bits per heavy atom. The molecule has 0 saturated carbocycles. The van der Waals surface area contributed by atoms with Gasteiger partial charge >= 0.3 is 6.09 Å². The molecular formula is C20H29N3O4. The molecule has 7 heteroatoms. The molecule has 2 atom stereocenters. The van der Waals surface area contributed by atoms with Crippen LogP contribution >= 0.6 is 0 Å². The number of carbonyl (C=O) groups is 3. The minimum Gasteiger partial charge on any atom is -0.444 e. The normalized spacial score (nSPS) is 18.0. The summed E-state index contributed by atoms with van der Waals surface area (Å²) in [5.74, 6) is -0.349. The number of ether oxygens (including phenoxy) is 1. The largest absolute Gasteiger partial charge is 0.444 e. The van der Waals surface area contributed by atoms with Gasteiger partial charge < -0.3 is 15.4 Å². The molecule has 0 spiro atoms. The predicted molar refractivity (Wildman–Crippen MR) is 103 cm³/mol. The third-order valence-electron chi connectivity index (χ3n) is 4.25. The number of nitrogens with zero attached hydrogens (tertiary/aromatic N) is 1. The third-order valence-corrected chi connectivity index (χ3v) is 4.25. The van der Waals surface area contributed by atoms with Gasteiger partial charge in [0.1, 0.15) is 11.6 Å². The summed E-state index contributed by atoms with van der Waals surface area (Å²) in [6.45, 7) is 9.25. The van der Waals surface area contributed by atoms with Gasteiger partial charge in [0.05, 0.1) is 6.04 Å². The van der Waals surface area contributed by atoms with Crippen molar-refractivity contribution in [1.29, 1.82) is 0 Å². The molecule has 1 aromatic carbocycles. The highest BCUT2D eigenvalue weighted by Crippen LogP contribution is 2.23. The minimum atomic E-state index is -0.599. The number of amides is 3. The monoisotopic (exact) mass is 375 g/mol. The van der Waals surface area contributed by atoms with Gasteiger partial charge in [0.2, 0.25) is 11.8 Å². The van der Waals surface area contributed by atoms with Gasteiger partial charge in [-0.05, 0) is 58.2 Å². The second kappa shape index (κ2) is 8.41. The summed E-state index contributed by atoms with van der Waals surface area (Å²) in [6, 6.07) is 6.54. The van der Waals surface area contributed by atoms with E-state index < -0.39 is 17.7 Å². The van der Waals surface area contributed by atoms with Gasteiger partial charge in [-0.2, -0.15) is 0 Å². The molecule has 1 heterocycles. The van der Waals surface area contributed by atoms with Gasteiger partial charge in [-0.25, -0.2) is 4.79 Å². The Hall–Kier alpha value is -2.57. The van der Waals surface area contributed by atoms with Crippen molar-refractivity contribution in [2.75, 3.05) is 11.9 Å². The summed E-state index contributed by atoms with van der Waals surface area (Å²) >= 11 is 0. The van der Waals surface area contributed by atoms with Crippen LogP contribution in [-0.2, 0) is 14.3 Å². The number of benzene rings is 1. The highest BCUT2D eigenvalue weighted by molar-refractivity contribution is 5.89. The second-order valence-electron chi connectivity index (χ2n) is 7.87. The smallest absolute Gasteiger partial charge is 0.410 e. The average Bonchev–Trinajstić information content (AvgIpc) is 3.02. The number of anilines is 1. The quantitative estimate of drug-likeness (QED) is 0.846. The van der Waals surface area contributed by atoms with Crippen LogP contribution in [0.2, 0.25) is 0 Å². The van der Waals surface area contributed by atoms with Crippen LogP contribution in [0.1, 0.15) is 59.1 Å². The van der Waals surface area contributed by atoms with Crippen LogP contribution in [0.4, 0.5) is 10.5 Å². The molecule has 0 bridgehead atoms. The fourth-order valence-corrected chi connectivity index (χ4v) is 3.06. The molecule has 27 heavy (non-hydrogen) atoms. The highest BCUT2D eigenvalue weighted by Gasteiger charge is 2.37. The second-order valence-corrected chi connectivity index (χ2v) is 7.87. The summed E-state index contributed by atoms with van der Waals surface area (Å²) < 4.78 is 5.41. The number of rotatable bonds is 4. The molecule has 0 radical (unpaired) electrons. The third kappa shape index (κ3) is 5.98. The van der Waals surface area contributed by atoms with Crippen LogP contribution in [0, 0.1) is 0 Å². The van der Waals surface area contributed by atoms with Crippen LogP contribution in [0.25, 0.3) is 0 Å². The van der Waals surface area contributed by atoms with E-state index in [2.05, 4.69) is 10.6 Å². The van der Waals surface area contributed by atoms with E-state index >= 15 is 0 Å². The predicted octanol–water partition coefficient (Wildman–Crippen LogP) is 3.22. The summed E-state index contributed by atoms with van der Waals surface area (Å²) in [5.41, 5.74) is 0.951. The standard InChI is InChI=1S/C20H29N3O4/c1-13(15-8-6-9-16(12-15)22-14(2)24)21-18(25)17-10-7-11-23(17)19(26)27-20(3,4)5/h6,8-9,12-13,17H,7,10-11H2,1-5H3,(H,21,25)(H,22,24)/t13?,17-/m0/s1. The fourth-order valence-electron chi connectivity index (χ4n) is 3.06. The Kier molecular flexibility index (Phi) is 6.46. The molecule has 2 N–H and O–H groups in total. The van der Waals surface area contributed by atoms with E-state index in [0.29, 0.717) is 18.7 Å². The maximum Gasteiger partial charge on any atom is 0.410 e. The maximum absolute atomic E-state index is 12.7. The van der Waals surface area contributed by atoms with Crippen LogP contribution < -0.4 is 10.6 Å². The van der Waals surface area contributed by atoms with Crippen molar-refractivity contribution in [2.45, 2.75) is 65.1 Å². The summed E-state index contributed by atoms with van der Waals surface area (Å²) in [7, 11) is 0. The van der Waals surface area contributed by atoms with E-state index in [1.807, 2.05) is 25.1 Å². The van der Waals surface area contributed by atoms with E-state index in [4.69, 9.17) is 4.74 Å². The molecule has 1 aromatic rings. The van der Waals surface area contributed by atoms with Gasteiger partial charge in [0.25, 0.3) is 0 Å². The van der Waals surface area contributed by atoms with E-state index in [-0.39, 0.29) is 17.9 Å². The summed E-state index contributed by atoms with van der Waals surface area (Å²) in [6.07, 6.45) is 0.924. The molecule has 2 rings (SSSR count). The summed E-state index contributed by atoms with van der Waals surface area (Å²) in [5, 5.41) is 5.70. The van der Waals surface area contributed by atoms with Crippen LogP contribution in [-0.4, -0.2) is 41.0 Å². The Labute approximate surface area is 160 Å². The fraction of sp³-hybridized carbons (Fsp3) is 0.550. The molecule has 3 amide bonds. The zero-order valence-electron chi connectivity index (χ0n) is 16.7. The highest BCUT2D eigenvalue weighted by atomic mass is 16.6. The molecule has 0 aromatic heterocycles. The van der Waals surface area contributed by atoms with Gasteiger partial charge in [-0.3, -0.25) is 14.5 Å². The van der Waals surface area contributed by atoms with Crippen molar-refractivity contribution in [3.8, 4) is 0 Å². The summed E-state index contributed by atoms with van der Waals surface area (Å²) in [4.78, 5) is 37.8. The van der Waals surface area contributed by atoms with Gasteiger partial charge in [-0.15, -0.1) is 0 Å². The van der Waals surface area contributed by atoms with Crippen LogP contribution in [0.3, 0.4) is 0 Å². The first-order valence-electron chi connectivity index (χ1n) is 9.24. The zero-order chi connectivity index (χ0) is 20.2. The molecule has 148 valence electrons. The Morgan fingerprint density at radius 3 is 2.59 bits per heavy atom. The topological polar surface area (TPSA) is 87.7 Å². The Balaban J connectivity index is 2.03. The number of hydrogen-bond acceptors (Lipinski definition) is 4. The van der Waals surface area contributed by atoms with Gasteiger partial charge in [0.15, 0.2) is 0 Å². The van der Waals surface area contributed by atoms with Gasteiger partial charge in [0, 0.05) is 19.2 Å². The molecule has 1 fully saturated rings. The van der Waals surface area contributed by atoms with Crippen molar-refractivity contribution in [1.82, 2.24) is 10.2 Å². The molecular weight excluding hydrogens is 346 g/mol. The van der Waals surface area contributed by atoms with Crippen molar-refractivity contribution in [3.05, 3.63) is 29.8 Å². The molecule has 1 saturated heterocycles. The van der Waals surface area contributed by atoms with Crippen LogP contribution in [0.5, 0.6) is 0 Å². The molecule has 7 nitrogen and oxygen atoms in total. The Morgan fingerprint density at radius 1 is 1.26 bits per heavy atom. The molecule has 1 aliphatic heterocycles. The lowest BCUT2D eigenvalue weighted by molar-refractivity contribution is -0.126. The van der Waals surface area contributed by atoms with Crippen molar-refractivity contribution >= 4 is 23.6 Å². The van der Waals surface area contributed by atoms with Crippen molar-refractivity contribution in [2.24, 2.45) is 0 Å². The van der Waals surface area contributed by atoms with Crippen molar-refractivity contribution < 1.29 is 19.1 Å². The first kappa shape index (κ1) is 20.7. The van der Waals surface area contributed by atoms with Gasteiger partial charge in [-0.1, -0.05) is 12.1 Å². The Bertz CT molecular complexity index is 711. The first-order chi connectivity index (χ1) is 12.6.